The zero-order valence-corrected chi connectivity index (χ0v) is 42.0. The molecule has 0 bridgehead atoms. The first-order valence-corrected chi connectivity index (χ1v) is 26.7. The van der Waals surface area contributed by atoms with Gasteiger partial charge in [-0.3, -0.25) is 0 Å². The molecule has 1 spiro atoms. The SMILES string of the molecule is c1ccc(N2c3ccccc3C3(c4ccccc4-c4c(N(c5ccc(-c6cccc7c6oc6ccccc67)cc5)c5ccc6c(c5)C(c5ccccc5)(c5ccccc5)c5ccccc5-6)cccc43)c3ccccc32)cc1. The van der Waals surface area contributed by atoms with Crippen LogP contribution in [0.2, 0.25) is 0 Å². The van der Waals surface area contributed by atoms with Crippen LogP contribution in [0, 0.1) is 0 Å². The Morgan fingerprint density at radius 2 is 0.831 bits per heavy atom. The van der Waals surface area contributed by atoms with Gasteiger partial charge in [-0.15, -0.1) is 0 Å². The highest BCUT2D eigenvalue weighted by Crippen LogP contribution is 2.66. The van der Waals surface area contributed by atoms with Crippen LogP contribution in [0.15, 0.2) is 296 Å². The summed E-state index contributed by atoms with van der Waals surface area (Å²) in [5.41, 5.74) is 24.5. The molecule has 13 aromatic rings. The minimum atomic E-state index is -0.628. The van der Waals surface area contributed by atoms with E-state index in [1.807, 2.05) is 6.07 Å². The van der Waals surface area contributed by atoms with Crippen molar-refractivity contribution in [1.82, 2.24) is 0 Å². The maximum atomic E-state index is 6.62. The summed E-state index contributed by atoms with van der Waals surface area (Å²) in [5, 5.41) is 2.24. The maximum absolute atomic E-state index is 6.62. The third kappa shape index (κ3) is 6.02. The molecule has 0 N–H and O–H groups in total. The highest BCUT2D eigenvalue weighted by Gasteiger charge is 2.53. The van der Waals surface area contributed by atoms with Gasteiger partial charge in [0.2, 0.25) is 0 Å². The fraction of sp³-hybridized carbons (Fsp3) is 0.0270. The van der Waals surface area contributed by atoms with Crippen molar-refractivity contribution in [1.29, 1.82) is 0 Å². The highest BCUT2D eigenvalue weighted by atomic mass is 16.3. The Morgan fingerprint density at radius 3 is 1.53 bits per heavy atom. The highest BCUT2D eigenvalue weighted by molar-refractivity contribution is 6.10. The lowest BCUT2D eigenvalue weighted by atomic mass is 9.64. The summed E-state index contributed by atoms with van der Waals surface area (Å²) in [4.78, 5) is 4.98. The third-order valence-electron chi connectivity index (χ3n) is 16.9. The molecule has 0 amide bonds. The fourth-order valence-corrected chi connectivity index (χ4v) is 13.9. The van der Waals surface area contributed by atoms with Gasteiger partial charge in [0.15, 0.2) is 0 Å². The topological polar surface area (TPSA) is 19.6 Å². The van der Waals surface area contributed by atoms with Gasteiger partial charge in [0.25, 0.3) is 0 Å². The summed E-state index contributed by atoms with van der Waals surface area (Å²) >= 11 is 0. The summed E-state index contributed by atoms with van der Waals surface area (Å²) in [6.07, 6.45) is 0. The molecule has 1 aliphatic heterocycles. The predicted octanol–water partition coefficient (Wildman–Crippen LogP) is 19.2. The van der Waals surface area contributed by atoms with Crippen molar-refractivity contribution in [2.24, 2.45) is 0 Å². The molecule has 0 saturated heterocycles. The van der Waals surface area contributed by atoms with Gasteiger partial charge in [-0.25, -0.2) is 0 Å². The van der Waals surface area contributed by atoms with Gasteiger partial charge in [-0.1, -0.05) is 231 Å². The van der Waals surface area contributed by atoms with Crippen LogP contribution in [0.1, 0.15) is 44.5 Å². The number of fused-ring (bicyclic) bond motifs is 15. The largest absolute Gasteiger partial charge is 0.455 e. The van der Waals surface area contributed by atoms with Crippen molar-refractivity contribution < 1.29 is 4.42 Å². The Balaban J connectivity index is 0.967. The minimum Gasteiger partial charge on any atom is -0.455 e. The lowest BCUT2D eigenvalue weighted by Gasteiger charge is -2.45. The van der Waals surface area contributed by atoms with Gasteiger partial charge in [0.05, 0.1) is 27.9 Å². The number of furan rings is 1. The number of para-hydroxylation sites is 5. The minimum absolute atomic E-state index is 0.583. The molecule has 0 unspecified atom stereocenters. The summed E-state index contributed by atoms with van der Waals surface area (Å²) in [5.74, 6) is 0. The van der Waals surface area contributed by atoms with Gasteiger partial charge >= 0.3 is 0 Å². The number of benzene rings is 12. The second kappa shape index (κ2) is 16.8. The Kier molecular flexibility index (Phi) is 9.47. The molecule has 2 heterocycles. The molecule has 16 rings (SSSR count). The first-order chi connectivity index (χ1) is 38.2. The predicted molar refractivity (Wildman–Crippen MR) is 317 cm³/mol. The van der Waals surface area contributed by atoms with Crippen molar-refractivity contribution in [3.05, 3.63) is 336 Å². The normalized spacial score (nSPS) is 13.9. The van der Waals surface area contributed by atoms with E-state index in [2.05, 4.69) is 295 Å². The molecule has 77 heavy (non-hydrogen) atoms. The van der Waals surface area contributed by atoms with Crippen LogP contribution < -0.4 is 9.80 Å². The van der Waals surface area contributed by atoms with Crippen LogP contribution in [-0.2, 0) is 10.8 Å². The van der Waals surface area contributed by atoms with Crippen molar-refractivity contribution in [3.63, 3.8) is 0 Å². The van der Waals surface area contributed by atoms with E-state index in [1.165, 1.54) is 78.1 Å². The number of nitrogens with zero attached hydrogens (tertiary/aromatic N) is 2. The monoisotopic (exact) mass is 980 g/mol. The standard InChI is InChI=1S/C74H48N2O/c1-4-22-50(23-5-1)73(51-24-6-2-7-25-51)61-33-13-10-28-56(61)57-47-46-54(48-66(57)73)75(53-44-42-49(43-45-53)55-31-20-32-59-58-29-12-19-41-70(58)77-72(55)59)69-40-21-37-65-71(69)60-30-11-14-34-62(60)74(65)63-35-15-17-38-67(63)76(52-26-8-3-9-27-52)68-39-18-16-36-64(68)74/h1-48H. The maximum Gasteiger partial charge on any atom is 0.143 e. The molecular weight excluding hydrogens is 933 g/mol. The van der Waals surface area contributed by atoms with Crippen LogP contribution in [0.3, 0.4) is 0 Å². The van der Waals surface area contributed by atoms with Crippen molar-refractivity contribution >= 4 is 56.1 Å². The average Bonchev–Trinajstić information content (AvgIpc) is 4.35. The fourth-order valence-electron chi connectivity index (χ4n) is 13.9. The molecule has 0 saturated carbocycles. The Bertz CT molecular complexity index is 4370. The van der Waals surface area contributed by atoms with E-state index in [0.29, 0.717) is 0 Å². The second-order valence-corrected chi connectivity index (χ2v) is 20.6. The smallest absolute Gasteiger partial charge is 0.143 e. The summed E-state index contributed by atoms with van der Waals surface area (Å²) in [6, 6.07) is 108. The summed E-state index contributed by atoms with van der Waals surface area (Å²) < 4.78 is 6.62. The van der Waals surface area contributed by atoms with E-state index in [4.69, 9.17) is 4.42 Å². The Labute approximate surface area is 447 Å². The zero-order chi connectivity index (χ0) is 50.7. The van der Waals surface area contributed by atoms with E-state index in [1.54, 1.807) is 0 Å². The summed E-state index contributed by atoms with van der Waals surface area (Å²) in [6.45, 7) is 0. The first kappa shape index (κ1) is 43.4. The molecule has 3 heteroatoms. The van der Waals surface area contributed by atoms with E-state index in [9.17, 15) is 0 Å². The van der Waals surface area contributed by atoms with Crippen LogP contribution in [0.25, 0.3) is 55.3 Å². The van der Waals surface area contributed by atoms with E-state index in [-0.39, 0.29) is 0 Å². The van der Waals surface area contributed by atoms with Gasteiger partial charge in [0.1, 0.15) is 11.2 Å². The Hall–Kier alpha value is -9.96. The molecule has 3 nitrogen and oxygen atoms in total. The third-order valence-corrected chi connectivity index (χ3v) is 16.9. The second-order valence-electron chi connectivity index (χ2n) is 20.6. The molecule has 0 radical (unpaired) electrons. The molecule has 1 aromatic heterocycles. The molecule has 2 aliphatic carbocycles. The molecule has 0 atom stereocenters. The van der Waals surface area contributed by atoms with Crippen LogP contribution in [-0.4, -0.2) is 0 Å². The van der Waals surface area contributed by atoms with Crippen LogP contribution in [0.5, 0.6) is 0 Å². The van der Waals surface area contributed by atoms with E-state index >= 15 is 0 Å². The quantitative estimate of drug-likeness (QED) is 0.159. The number of rotatable bonds is 7. The molecular formula is C74H48N2O. The lowest BCUT2D eigenvalue weighted by Crippen LogP contribution is -2.36. The average molecular weight is 981 g/mol. The van der Waals surface area contributed by atoms with Crippen molar-refractivity contribution in [3.8, 4) is 33.4 Å². The molecule has 3 aliphatic rings. The van der Waals surface area contributed by atoms with E-state index < -0.39 is 10.8 Å². The number of hydrogen-bond acceptors (Lipinski definition) is 3. The van der Waals surface area contributed by atoms with Gasteiger partial charge in [0, 0.05) is 39.0 Å². The van der Waals surface area contributed by atoms with E-state index in [0.717, 1.165) is 55.8 Å². The van der Waals surface area contributed by atoms with Gasteiger partial charge in [-0.05, 0) is 127 Å². The van der Waals surface area contributed by atoms with Crippen LogP contribution >= 0.6 is 0 Å². The first-order valence-electron chi connectivity index (χ1n) is 26.7. The van der Waals surface area contributed by atoms with Crippen LogP contribution in [0.4, 0.5) is 34.1 Å². The molecule has 360 valence electrons. The molecule has 12 aromatic carbocycles. The lowest BCUT2D eigenvalue weighted by molar-refractivity contribution is 0.670. The zero-order valence-electron chi connectivity index (χ0n) is 42.0. The van der Waals surface area contributed by atoms with Crippen molar-refractivity contribution in [2.45, 2.75) is 10.8 Å². The summed E-state index contributed by atoms with van der Waals surface area (Å²) in [7, 11) is 0. The molecule has 0 fully saturated rings. The van der Waals surface area contributed by atoms with Gasteiger partial charge < -0.3 is 14.2 Å². The number of anilines is 6. The van der Waals surface area contributed by atoms with Gasteiger partial charge in [-0.2, -0.15) is 0 Å². The Morgan fingerprint density at radius 1 is 0.325 bits per heavy atom. The number of hydrogen-bond donors (Lipinski definition) is 0. The van der Waals surface area contributed by atoms with Crippen molar-refractivity contribution in [2.75, 3.05) is 9.80 Å².